The Morgan fingerprint density at radius 3 is 2.12 bits per heavy atom. The number of non-ortho nitro benzene ring substituents is 2. The lowest BCUT2D eigenvalue weighted by atomic mass is 9.95. The van der Waals surface area contributed by atoms with Crippen molar-refractivity contribution in [2.75, 3.05) is 5.32 Å². The molecule has 1 aliphatic rings. The molecule has 1 fully saturated rings. The van der Waals surface area contributed by atoms with Gasteiger partial charge in [-0.3, -0.25) is 35.1 Å². The maximum atomic E-state index is 12.8. The lowest BCUT2D eigenvalue weighted by molar-refractivity contribution is -0.394. The zero-order chi connectivity index (χ0) is 24.0. The fraction of sp³-hybridized carbons (Fsp3) is 0.286. The highest BCUT2D eigenvalue weighted by atomic mass is 32.1. The summed E-state index contributed by atoms with van der Waals surface area (Å²) in [6.07, 6.45) is 5.13. The summed E-state index contributed by atoms with van der Waals surface area (Å²) in [5.41, 5.74) is -0.800. The van der Waals surface area contributed by atoms with Crippen molar-refractivity contribution in [3.05, 3.63) is 73.8 Å². The van der Waals surface area contributed by atoms with Crippen LogP contribution in [0.5, 0.6) is 0 Å². The Balaban J connectivity index is 1.71. The second-order valence-electron chi connectivity index (χ2n) is 7.51. The van der Waals surface area contributed by atoms with Gasteiger partial charge in [-0.25, -0.2) is 0 Å². The molecule has 2 aromatic carbocycles. The zero-order valence-corrected chi connectivity index (χ0v) is 18.2. The molecule has 172 valence electrons. The summed E-state index contributed by atoms with van der Waals surface area (Å²) in [4.78, 5) is 45.7. The molecule has 0 aliphatic heterocycles. The Morgan fingerprint density at radius 2 is 1.52 bits per heavy atom. The minimum atomic E-state index is -0.872. The zero-order valence-electron chi connectivity index (χ0n) is 17.4. The van der Waals surface area contributed by atoms with Crippen LogP contribution < -0.4 is 16.0 Å². The fourth-order valence-corrected chi connectivity index (χ4v) is 3.77. The summed E-state index contributed by atoms with van der Waals surface area (Å²) in [6, 6.07) is 9.32. The van der Waals surface area contributed by atoms with Gasteiger partial charge in [-0.1, -0.05) is 31.4 Å². The van der Waals surface area contributed by atoms with E-state index in [1.54, 1.807) is 24.3 Å². The number of rotatable bonds is 6. The average molecular weight is 471 g/mol. The van der Waals surface area contributed by atoms with Crippen molar-refractivity contribution < 1.29 is 19.4 Å². The SMILES string of the molecule is O=C(NC(=S)Nc1ccccc1C(=O)NC1CCCCC1)c1cc([N+](=O)[O-])cc([N+](=O)[O-])c1. The highest BCUT2D eigenvalue weighted by Crippen LogP contribution is 2.23. The van der Waals surface area contributed by atoms with Gasteiger partial charge in [0, 0.05) is 18.2 Å². The van der Waals surface area contributed by atoms with Gasteiger partial charge in [0.15, 0.2) is 5.11 Å². The summed E-state index contributed by atoms with van der Waals surface area (Å²) in [6.45, 7) is 0. The van der Waals surface area contributed by atoms with E-state index >= 15 is 0 Å². The molecule has 2 aromatic rings. The molecule has 2 amide bonds. The quantitative estimate of drug-likeness (QED) is 0.327. The van der Waals surface area contributed by atoms with Crippen molar-refractivity contribution in [3.63, 3.8) is 0 Å². The highest BCUT2D eigenvalue weighted by Gasteiger charge is 2.22. The van der Waals surface area contributed by atoms with Crippen molar-refractivity contribution in [2.24, 2.45) is 0 Å². The van der Waals surface area contributed by atoms with E-state index in [1.807, 2.05) is 0 Å². The number of anilines is 1. The summed E-state index contributed by atoms with van der Waals surface area (Å²) in [5.74, 6) is -1.14. The standard InChI is InChI=1S/C21H21N5O6S/c27-19(13-10-15(25(29)30)12-16(11-13)26(31)32)24-21(33)23-18-9-5-4-8-17(18)20(28)22-14-6-2-1-3-7-14/h4-5,8-12,14H,1-3,6-7H2,(H,22,28)(H2,23,24,27,33). The maximum absolute atomic E-state index is 12.8. The van der Waals surface area contributed by atoms with Gasteiger partial charge in [0.05, 0.1) is 32.7 Å². The predicted octanol–water partition coefficient (Wildman–Crippen LogP) is 3.69. The molecule has 0 spiro atoms. The van der Waals surface area contributed by atoms with Crippen LogP contribution in [0, 0.1) is 20.2 Å². The first kappa shape index (κ1) is 23.7. The minimum Gasteiger partial charge on any atom is -0.349 e. The van der Waals surface area contributed by atoms with Gasteiger partial charge >= 0.3 is 0 Å². The van der Waals surface area contributed by atoms with Crippen LogP contribution in [-0.2, 0) is 0 Å². The largest absolute Gasteiger partial charge is 0.349 e. The lowest BCUT2D eigenvalue weighted by Crippen LogP contribution is -2.37. The van der Waals surface area contributed by atoms with Crippen molar-refractivity contribution in [2.45, 2.75) is 38.1 Å². The molecule has 1 saturated carbocycles. The Bertz CT molecular complexity index is 1080. The molecule has 1 aliphatic carbocycles. The third-order valence-corrected chi connectivity index (χ3v) is 5.38. The molecule has 11 nitrogen and oxygen atoms in total. The molecular formula is C21H21N5O6S. The van der Waals surface area contributed by atoms with Crippen molar-refractivity contribution in [3.8, 4) is 0 Å². The Hall–Kier alpha value is -3.93. The van der Waals surface area contributed by atoms with Crippen LogP contribution in [0.2, 0.25) is 0 Å². The number of carbonyl (C=O) groups is 2. The van der Waals surface area contributed by atoms with Crippen LogP contribution in [0.1, 0.15) is 52.8 Å². The molecule has 33 heavy (non-hydrogen) atoms. The number of thiocarbonyl (C=S) groups is 1. The normalized spacial score (nSPS) is 13.6. The number of para-hydroxylation sites is 1. The van der Waals surface area contributed by atoms with E-state index in [-0.39, 0.29) is 22.6 Å². The van der Waals surface area contributed by atoms with Crippen LogP contribution in [-0.4, -0.2) is 32.8 Å². The smallest absolute Gasteiger partial charge is 0.277 e. The third-order valence-electron chi connectivity index (χ3n) is 5.17. The number of amides is 2. The van der Waals surface area contributed by atoms with Crippen molar-refractivity contribution in [1.82, 2.24) is 10.6 Å². The number of benzene rings is 2. The molecule has 0 aromatic heterocycles. The van der Waals surface area contributed by atoms with E-state index in [0.717, 1.165) is 50.3 Å². The summed E-state index contributed by atoms with van der Waals surface area (Å²) >= 11 is 5.15. The first-order chi connectivity index (χ1) is 15.7. The van der Waals surface area contributed by atoms with Gasteiger partial charge in [0.1, 0.15) is 0 Å². The van der Waals surface area contributed by atoms with E-state index < -0.39 is 27.1 Å². The Kier molecular flexibility index (Phi) is 7.61. The molecule has 0 unspecified atom stereocenters. The molecule has 3 rings (SSSR count). The van der Waals surface area contributed by atoms with E-state index in [0.29, 0.717) is 11.3 Å². The predicted molar refractivity (Wildman–Crippen MR) is 124 cm³/mol. The van der Waals surface area contributed by atoms with E-state index in [2.05, 4.69) is 16.0 Å². The van der Waals surface area contributed by atoms with Gasteiger partial charge in [-0.15, -0.1) is 0 Å². The number of nitrogens with zero attached hydrogens (tertiary/aromatic N) is 2. The number of nitro benzene ring substituents is 2. The van der Waals surface area contributed by atoms with Gasteiger partial charge < -0.3 is 10.6 Å². The molecule has 0 atom stereocenters. The number of carbonyl (C=O) groups excluding carboxylic acids is 2. The van der Waals surface area contributed by atoms with Crippen LogP contribution in [0.3, 0.4) is 0 Å². The van der Waals surface area contributed by atoms with Crippen molar-refractivity contribution >= 4 is 46.2 Å². The van der Waals surface area contributed by atoms with Crippen LogP contribution in [0.25, 0.3) is 0 Å². The second-order valence-corrected chi connectivity index (χ2v) is 7.92. The monoisotopic (exact) mass is 471 g/mol. The lowest BCUT2D eigenvalue weighted by Gasteiger charge is -2.23. The maximum Gasteiger partial charge on any atom is 0.277 e. The number of nitrogens with one attached hydrogen (secondary N) is 3. The summed E-state index contributed by atoms with van der Waals surface area (Å²) < 4.78 is 0. The van der Waals surface area contributed by atoms with E-state index in [1.165, 1.54) is 0 Å². The Morgan fingerprint density at radius 1 is 0.909 bits per heavy atom. The van der Waals surface area contributed by atoms with Crippen molar-refractivity contribution in [1.29, 1.82) is 0 Å². The molecule has 0 heterocycles. The van der Waals surface area contributed by atoms with Crippen LogP contribution in [0.15, 0.2) is 42.5 Å². The minimum absolute atomic E-state index is 0.107. The molecule has 12 heteroatoms. The number of hydrogen-bond donors (Lipinski definition) is 3. The topological polar surface area (TPSA) is 157 Å². The Labute approximate surface area is 193 Å². The summed E-state index contributed by atoms with van der Waals surface area (Å²) in [5, 5.41) is 30.0. The van der Waals surface area contributed by atoms with Crippen LogP contribution in [0.4, 0.5) is 17.1 Å². The summed E-state index contributed by atoms with van der Waals surface area (Å²) in [7, 11) is 0. The average Bonchev–Trinajstić information content (AvgIpc) is 2.79. The first-order valence-corrected chi connectivity index (χ1v) is 10.6. The highest BCUT2D eigenvalue weighted by molar-refractivity contribution is 7.80. The fourth-order valence-electron chi connectivity index (χ4n) is 3.57. The molecule has 3 N–H and O–H groups in total. The first-order valence-electron chi connectivity index (χ1n) is 10.2. The van der Waals surface area contributed by atoms with Gasteiger partial charge in [-0.05, 0) is 37.2 Å². The second kappa shape index (κ2) is 10.6. The molecule has 0 radical (unpaired) electrons. The third kappa shape index (κ3) is 6.29. The number of nitro groups is 2. The molecular weight excluding hydrogens is 450 g/mol. The van der Waals surface area contributed by atoms with E-state index in [9.17, 15) is 29.8 Å². The van der Waals surface area contributed by atoms with Gasteiger partial charge in [-0.2, -0.15) is 0 Å². The molecule has 0 saturated heterocycles. The van der Waals surface area contributed by atoms with Crippen LogP contribution >= 0.6 is 12.2 Å². The van der Waals surface area contributed by atoms with Gasteiger partial charge in [0.25, 0.3) is 23.2 Å². The number of hydrogen-bond acceptors (Lipinski definition) is 7. The van der Waals surface area contributed by atoms with E-state index in [4.69, 9.17) is 12.2 Å². The van der Waals surface area contributed by atoms with Gasteiger partial charge in [0.2, 0.25) is 0 Å². The molecule has 0 bridgehead atoms.